The van der Waals surface area contributed by atoms with E-state index in [1.165, 1.54) is 12.1 Å². The molecule has 0 aliphatic carbocycles. The number of halogens is 5. The molecule has 0 radical (unpaired) electrons. The summed E-state index contributed by atoms with van der Waals surface area (Å²) in [5, 5.41) is 5.93. The number of hydrogen-bond donors (Lipinski definition) is 2. The third-order valence-electron chi connectivity index (χ3n) is 6.43. The molecule has 0 bridgehead atoms. The normalized spacial score (nSPS) is 17.5. The Morgan fingerprint density at radius 3 is 2.46 bits per heavy atom. The van der Waals surface area contributed by atoms with E-state index in [0.29, 0.717) is 67.8 Å². The second-order valence-electron chi connectivity index (χ2n) is 9.18. The van der Waals surface area contributed by atoms with Gasteiger partial charge in [-0.1, -0.05) is 17.7 Å². The third-order valence-corrected chi connectivity index (χ3v) is 6.67. The molecule has 2 aliphatic heterocycles. The van der Waals surface area contributed by atoms with Crippen LogP contribution in [0.15, 0.2) is 36.4 Å². The largest absolute Gasteiger partial charge is 0.390 e. The molecule has 0 unspecified atom stereocenters. The lowest BCUT2D eigenvalue weighted by Crippen LogP contribution is -2.47. The Morgan fingerprint density at radius 2 is 1.78 bits per heavy atom. The summed E-state index contributed by atoms with van der Waals surface area (Å²) < 4.78 is 52.5. The highest BCUT2D eigenvalue weighted by Crippen LogP contribution is 2.31. The van der Waals surface area contributed by atoms with E-state index >= 15 is 0 Å². The Bertz CT molecular complexity index is 1140. The lowest BCUT2D eigenvalue weighted by atomic mass is 10.1. The number of amides is 2. The Kier molecular flexibility index (Phi) is 8.56. The molecule has 0 atom stereocenters. The number of carbonyl (C=O) groups is 2. The predicted molar refractivity (Wildman–Crippen MR) is 133 cm³/mol. The van der Waals surface area contributed by atoms with Gasteiger partial charge in [0.25, 0.3) is 5.91 Å². The van der Waals surface area contributed by atoms with Gasteiger partial charge in [0.1, 0.15) is 5.82 Å². The van der Waals surface area contributed by atoms with Crippen LogP contribution < -0.4 is 15.5 Å². The first kappa shape index (κ1) is 27.2. The molecular weight excluding hydrogens is 514 g/mol. The summed E-state index contributed by atoms with van der Waals surface area (Å²) in [6.07, 6.45) is -5.05. The zero-order valence-electron chi connectivity index (χ0n) is 20.1. The molecule has 200 valence electrons. The van der Waals surface area contributed by atoms with Gasteiger partial charge >= 0.3 is 6.18 Å². The topological polar surface area (TPSA) is 67.9 Å². The molecule has 12 heteroatoms. The van der Waals surface area contributed by atoms with Crippen LogP contribution in [0.1, 0.15) is 22.3 Å². The van der Waals surface area contributed by atoms with Crippen molar-refractivity contribution in [1.29, 1.82) is 0 Å². The molecule has 2 fully saturated rings. The number of anilines is 2. The van der Waals surface area contributed by atoms with Gasteiger partial charge in [-0.2, -0.15) is 13.2 Å². The molecule has 2 saturated heterocycles. The fraction of sp³-hybridized carbons (Fsp3) is 0.440. The summed E-state index contributed by atoms with van der Waals surface area (Å²) in [6, 6.07) is 9.28. The van der Waals surface area contributed by atoms with Crippen molar-refractivity contribution >= 4 is 34.8 Å². The van der Waals surface area contributed by atoms with Crippen LogP contribution in [0.25, 0.3) is 0 Å². The van der Waals surface area contributed by atoms with E-state index in [1.54, 1.807) is 29.2 Å². The van der Waals surface area contributed by atoms with Crippen molar-refractivity contribution in [2.45, 2.75) is 19.1 Å². The van der Waals surface area contributed by atoms with Crippen LogP contribution in [0, 0.1) is 5.82 Å². The van der Waals surface area contributed by atoms with Gasteiger partial charge in [0, 0.05) is 57.4 Å². The Labute approximate surface area is 217 Å². The SMILES string of the molecule is O=C1CN(Cc2ccc(C(=O)Nc3ccc(Cl)cc3N3CCN(CCC(F)(F)F)CC3)c(F)c2)CCN1. The van der Waals surface area contributed by atoms with E-state index in [0.717, 1.165) is 0 Å². The van der Waals surface area contributed by atoms with Crippen LogP contribution >= 0.6 is 11.6 Å². The summed E-state index contributed by atoms with van der Waals surface area (Å²) in [7, 11) is 0. The third kappa shape index (κ3) is 7.56. The van der Waals surface area contributed by atoms with Gasteiger partial charge in [-0.05, 0) is 35.9 Å². The van der Waals surface area contributed by atoms with E-state index < -0.39 is 24.3 Å². The van der Waals surface area contributed by atoms with Crippen molar-refractivity contribution in [1.82, 2.24) is 15.1 Å². The van der Waals surface area contributed by atoms with Crippen LogP contribution in [0.5, 0.6) is 0 Å². The highest BCUT2D eigenvalue weighted by atomic mass is 35.5. The molecule has 0 aromatic heterocycles. The fourth-order valence-corrected chi connectivity index (χ4v) is 4.65. The maximum absolute atomic E-state index is 14.9. The summed E-state index contributed by atoms with van der Waals surface area (Å²) in [5.74, 6) is -1.39. The molecular formula is C25H28ClF4N5O2. The first-order valence-corrected chi connectivity index (χ1v) is 12.4. The molecule has 4 rings (SSSR count). The van der Waals surface area contributed by atoms with Gasteiger partial charge in [-0.15, -0.1) is 0 Å². The second-order valence-corrected chi connectivity index (χ2v) is 9.62. The molecule has 0 spiro atoms. The van der Waals surface area contributed by atoms with Crippen molar-refractivity contribution < 1.29 is 27.2 Å². The molecule has 37 heavy (non-hydrogen) atoms. The number of rotatable bonds is 7. The second kappa shape index (κ2) is 11.7. The van der Waals surface area contributed by atoms with Crippen LogP contribution in [0.2, 0.25) is 5.02 Å². The van der Waals surface area contributed by atoms with E-state index in [2.05, 4.69) is 10.6 Å². The van der Waals surface area contributed by atoms with Gasteiger partial charge in [-0.3, -0.25) is 19.4 Å². The number of carbonyl (C=O) groups excluding carboxylic acids is 2. The number of hydrogen-bond acceptors (Lipinski definition) is 5. The minimum atomic E-state index is -4.20. The average Bonchev–Trinajstić information content (AvgIpc) is 2.84. The number of nitrogens with one attached hydrogen (secondary N) is 2. The van der Waals surface area contributed by atoms with Crippen LogP contribution in [-0.2, 0) is 11.3 Å². The minimum Gasteiger partial charge on any atom is -0.367 e. The molecule has 2 aromatic rings. The minimum absolute atomic E-state index is 0.0588. The smallest absolute Gasteiger partial charge is 0.367 e. The van der Waals surface area contributed by atoms with Crippen LogP contribution in [0.4, 0.5) is 28.9 Å². The van der Waals surface area contributed by atoms with Gasteiger partial charge in [0.05, 0.1) is 29.9 Å². The van der Waals surface area contributed by atoms with Crippen LogP contribution in [0.3, 0.4) is 0 Å². The zero-order chi connectivity index (χ0) is 26.6. The van der Waals surface area contributed by atoms with Crippen LogP contribution in [-0.4, -0.2) is 80.1 Å². The highest BCUT2D eigenvalue weighted by Gasteiger charge is 2.29. The predicted octanol–water partition coefficient (Wildman–Crippen LogP) is 3.74. The first-order valence-electron chi connectivity index (χ1n) is 12.0. The Hall–Kier alpha value is -2.89. The van der Waals surface area contributed by atoms with Gasteiger partial charge in [0.15, 0.2) is 0 Å². The Morgan fingerprint density at radius 1 is 1.03 bits per heavy atom. The van der Waals surface area contributed by atoms with Crippen molar-refractivity contribution in [3.8, 4) is 0 Å². The average molecular weight is 542 g/mol. The maximum atomic E-state index is 14.9. The van der Waals surface area contributed by atoms with Gasteiger partial charge < -0.3 is 15.5 Å². The van der Waals surface area contributed by atoms with Crippen molar-refractivity contribution in [2.75, 3.05) is 62.6 Å². The number of piperazine rings is 2. The number of nitrogens with zero attached hydrogens (tertiary/aromatic N) is 3. The maximum Gasteiger partial charge on any atom is 0.390 e. The quantitative estimate of drug-likeness (QED) is 0.523. The molecule has 2 aromatic carbocycles. The summed E-state index contributed by atoms with van der Waals surface area (Å²) in [5.41, 5.74) is 1.58. The first-order chi connectivity index (χ1) is 17.6. The molecule has 2 amide bonds. The summed E-state index contributed by atoms with van der Waals surface area (Å²) in [6.45, 7) is 3.55. The van der Waals surface area contributed by atoms with Gasteiger partial charge in [-0.25, -0.2) is 4.39 Å². The lowest BCUT2D eigenvalue weighted by Gasteiger charge is -2.37. The van der Waals surface area contributed by atoms with Gasteiger partial charge in [0.2, 0.25) is 5.91 Å². The van der Waals surface area contributed by atoms with E-state index in [9.17, 15) is 27.2 Å². The summed E-state index contributed by atoms with van der Waals surface area (Å²) in [4.78, 5) is 30.1. The van der Waals surface area contributed by atoms with Crippen molar-refractivity contribution in [2.24, 2.45) is 0 Å². The zero-order valence-corrected chi connectivity index (χ0v) is 20.8. The summed E-state index contributed by atoms with van der Waals surface area (Å²) >= 11 is 6.19. The highest BCUT2D eigenvalue weighted by molar-refractivity contribution is 6.31. The molecule has 2 N–H and O–H groups in total. The molecule has 7 nitrogen and oxygen atoms in total. The molecule has 2 heterocycles. The van der Waals surface area contributed by atoms with Crippen molar-refractivity contribution in [3.05, 3.63) is 58.4 Å². The number of benzene rings is 2. The lowest BCUT2D eigenvalue weighted by molar-refractivity contribution is -0.138. The van der Waals surface area contributed by atoms with E-state index in [1.807, 2.05) is 9.80 Å². The van der Waals surface area contributed by atoms with Crippen molar-refractivity contribution in [3.63, 3.8) is 0 Å². The van der Waals surface area contributed by atoms with E-state index in [-0.39, 0.29) is 24.6 Å². The Balaban J connectivity index is 1.41. The number of alkyl halides is 3. The molecule has 0 saturated carbocycles. The fourth-order valence-electron chi connectivity index (χ4n) is 4.48. The molecule has 2 aliphatic rings. The monoisotopic (exact) mass is 541 g/mol. The van der Waals surface area contributed by atoms with E-state index in [4.69, 9.17) is 11.6 Å². The standard InChI is InChI=1S/C25H28ClF4N5O2/c26-18-2-4-21(22(14-18)35-11-9-33(10-12-35)7-5-25(28,29)30)32-24(37)19-3-1-17(13-20(19)27)15-34-8-6-31-23(36)16-34/h1-4,13-14H,5-12,15-16H2,(H,31,36)(H,32,37).